The summed E-state index contributed by atoms with van der Waals surface area (Å²) >= 11 is 0. The molecule has 6 unspecified atom stereocenters. The highest BCUT2D eigenvalue weighted by atomic mass is 16.5. The molecule has 5 rings (SSSR count). The maximum Gasteiger partial charge on any atom is 0.325 e. The molecule has 2 fully saturated rings. The molecule has 10 nitrogen and oxygen atoms in total. The molecule has 10 heteroatoms. The van der Waals surface area contributed by atoms with Crippen LogP contribution in [0.1, 0.15) is 84.1 Å². The number of rotatable bonds is 2. The standard InChI is InChI=1S/C35H46N4O6/c1-21(2)27-11-13-31(40)35(5,26-15-18-44-20-26)16-14-24-8-9-25-10-12-28(37-30(25)19-24)23(4)45-34(43)29-7-6-17-39(38-29)33(42)22(3)36-32(27)41/h8-10,12,14,16,19,21-23,26-27,29,38H,6-7,11,13,15,17-18,20H2,1-5H3,(H,36,41). The molecule has 5 bridgehead atoms. The van der Waals surface area contributed by atoms with Gasteiger partial charge >= 0.3 is 5.97 Å². The lowest BCUT2D eigenvalue weighted by Crippen LogP contribution is -2.59. The first-order chi connectivity index (χ1) is 21.5. The minimum absolute atomic E-state index is 0.0253. The lowest BCUT2D eigenvalue weighted by atomic mass is 9.71. The molecule has 2 amide bonds. The Morgan fingerprint density at radius 1 is 1.04 bits per heavy atom. The number of pyridine rings is 1. The quantitative estimate of drug-likeness (QED) is 0.470. The number of carbonyl (C=O) groups is 4. The number of hydrazine groups is 1. The van der Waals surface area contributed by atoms with Crippen molar-refractivity contribution in [2.75, 3.05) is 19.8 Å². The first kappa shape index (κ1) is 32.8. The van der Waals surface area contributed by atoms with Crippen molar-refractivity contribution in [3.05, 3.63) is 47.7 Å². The van der Waals surface area contributed by atoms with Gasteiger partial charge in [0.1, 0.15) is 24.0 Å². The summed E-state index contributed by atoms with van der Waals surface area (Å²) in [6.45, 7) is 10.8. The Morgan fingerprint density at radius 3 is 2.56 bits per heavy atom. The molecule has 0 radical (unpaired) electrons. The smallest absolute Gasteiger partial charge is 0.325 e. The molecule has 242 valence electrons. The van der Waals surface area contributed by atoms with E-state index in [1.165, 1.54) is 5.01 Å². The second-order valence-electron chi connectivity index (χ2n) is 13.3. The normalized spacial score (nSPS) is 30.8. The van der Waals surface area contributed by atoms with Gasteiger partial charge in [-0.15, -0.1) is 0 Å². The van der Waals surface area contributed by atoms with Crippen LogP contribution in [0, 0.1) is 23.2 Å². The van der Waals surface area contributed by atoms with Gasteiger partial charge in [0.25, 0.3) is 5.91 Å². The molecule has 0 saturated carbocycles. The molecule has 3 aliphatic rings. The molecule has 0 spiro atoms. The summed E-state index contributed by atoms with van der Waals surface area (Å²) in [5.41, 5.74) is 4.51. The van der Waals surface area contributed by atoms with Crippen LogP contribution >= 0.6 is 0 Å². The van der Waals surface area contributed by atoms with E-state index in [9.17, 15) is 19.2 Å². The van der Waals surface area contributed by atoms with Crippen LogP contribution in [-0.4, -0.2) is 65.4 Å². The van der Waals surface area contributed by atoms with Gasteiger partial charge in [-0.3, -0.25) is 24.2 Å². The van der Waals surface area contributed by atoms with Crippen molar-refractivity contribution in [1.29, 1.82) is 0 Å². The highest BCUT2D eigenvalue weighted by Gasteiger charge is 2.41. The molecular formula is C35H46N4O6. The van der Waals surface area contributed by atoms with Crippen LogP contribution in [-0.2, 0) is 28.7 Å². The number of esters is 1. The summed E-state index contributed by atoms with van der Waals surface area (Å²) < 4.78 is 11.5. The number of allylic oxidation sites excluding steroid dienone is 1. The zero-order chi connectivity index (χ0) is 32.3. The Balaban J connectivity index is 1.50. The lowest BCUT2D eigenvalue weighted by Gasteiger charge is -2.35. The molecule has 1 aromatic carbocycles. The van der Waals surface area contributed by atoms with Crippen molar-refractivity contribution >= 4 is 40.5 Å². The van der Waals surface area contributed by atoms with Crippen molar-refractivity contribution < 1.29 is 28.7 Å². The summed E-state index contributed by atoms with van der Waals surface area (Å²) in [7, 11) is 0. The number of aromatic nitrogens is 1. The largest absolute Gasteiger partial charge is 0.455 e. The third-order valence-electron chi connectivity index (χ3n) is 9.74. The van der Waals surface area contributed by atoms with Crippen molar-refractivity contribution in [3.8, 4) is 0 Å². The first-order valence-corrected chi connectivity index (χ1v) is 16.3. The zero-order valence-corrected chi connectivity index (χ0v) is 27.0. The number of ketones is 1. The monoisotopic (exact) mass is 618 g/mol. The van der Waals surface area contributed by atoms with Gasteiger partial charge in [0.2, 0.25) is 5.91 Å². The average Bonchev–Trinajstić information content (AvgIpc) is 3.58. The number of nitrogens with zero attached hydrogens (tertiary/aromatic N) is 2. The van der Waals surface area contributed by atoms with Crippen molar-refractivity contribution in [3.63, 3.8) is 0 Å². The third kappa shape index (κ3) is 7.28. The SMILES string of the molecule is CC1NC(=O)C(C(C)C)CCC(=O)C(C)(C2CCOC2)C=Cc2ccc3ccc(nc3c2)C(C)OC(=O)C2CCCN(N2)C1=O. The van der Waals surface area contributed by atoms with Gasteiger partial charge in [-0.05, 0) is 70.1 Å². The average molecular weight is 619 g/mol. The number of benzene rings is 1. The van der Waals surface area contributed by atoms with Gasteiger partial charge in [0, 0.05) is 42.2 Å². The van der Waals surface area contributed by atoms with E-state index in [-0.39, 0.29) is 35.9 Å². The molecule has 1 aromatic heterocycles. The summed E-state index contributed by atoms with van der Waals surface area (Å²) in [4.78, 5) is 58.8. The molecule has 0 aliphatic carbocycles. The van der Waals surface area contributed by atoms with E-state index in [0.717, 1.165) is 22.9 Å². The number of cyclic esters (lactones) is 1. The number of nitrogens with one attached hydrogen (secondary N) is 2. The third-order valence-corrected chi connectivity index (χ3v) is 9.74. The Kier molecular flexibility index (Phi) is 10.0. The lowest BCUT2D eigenvalue weighted by molar-refractivity contribution is -0.157. The van der Waals surface area contributed by atoms with Crippen molar-refractivity contribution in [2.24, 2.45) is 23.2 Å². The Bertz CT molecular complexity index is 1470. The molecule has 2 aromatic rings. The van der Waals surface area contributed by atoms with Crippen LogP contribution in [0.5, 0.6) is 0 Å². The molecule has 2 N–H and O–H groups in total. The molecule has 2 saturated heterocycles. The van der Waals surface area contributed by atoms with Crippen LogP contribution in [0.3, 0.4) is 0 Å². The van der Waals surface area contributed by atoms with Gasteiger partial charge in [-0.1, -0.05) is 44.2 Å². The summed E-state index contributed by atoms with van der Waals surface area (Å²) in [6, 6.07) is 8.25. The molecule has 6 atom stereocenters. The molecule has 3 aliphatic heterocycles. The number of hydrogen-bond acceptors (Lipinski definition) is 8. The maximum atomic E-state index is 14.0. The van der Waals surface area contributed by atoms with Crippen LogP contribution in [0.25, 0.3) is 17.0 Å². The van der Waals surface area contributed by atoms with Crippen LogP contribution in [0.15, 0.2) is 36.4 Å². The number of carbonyl (C=O) groups excluding carboxylic acids is 4. The van der Waals surface area contributed by atoms with E-state index in [1.54, 1.807) is 13.8 Å². The fourth-order valence-electron chi connectivity index (χ4n) is 6.58. The fourth-order valence-corrected chi connectivity index (χ4v) is 6.58. The van der Waals surface area contributed by atoms with Crippen molar-refractivity contribution in [1.82, 2.24) is 20.7 Å². The van der Waals surface area contributed by atoms with Crippen molar-refractivity contribution in [2.45, 2.75) is 84.9 Å². The van der Waals surface area contributed by atoms with E-state index in [4.69, 9.17) is 14.5 Å². The maximum absolute atomic E-state index is 14.0. The van der Waals surface area contributed by atoms with Crippen LogP contribution in [0.4, 0.5) is 0 Å². The minimum Gasteiger partial charge on any atom is -0.455 e. The van der Waals surface area contributed by atoms with E-state index in [0.29, 0.717) is 44.7 Å². The van der Waals surface area contributed by atoms with Crippen LogP contribution < -0.4 is 10.7 Å². The van der Waals surface area contributed by atoms with E-state index in [2.05, 4.69) is 10.7 Å². The van der Waals surface area contributed by atoms with Gasteiger partial charge in [-0.2, -0.15) is 0 Å². The molecule has 45 heavy (non-hydrogen) atoms. The van der Waals surface area contributed by atoms with Gasteiger partial charge in [0.15, 0.2) is 0 Å². The number of ether oxygens (including phenoxy) is 2. The fraction of sp³-hybridized carbons (Fsp3) is 0.571. The predicted octanol–water partition coefficient (Wildman–Crippen LogP) is 4.53. The first-order valence-electron chi connectivity index (χ1n) is 16.3. The Morgan fingerprint density at radius 2 is 1.82 bits per heavy atom. The number of fused-ring (bicyclic) bond motifs is 4. The predicted molar refractivity (Wildman–Crippen MR) is 170 cm³/mol. The van der Waals surface area contributed by atoms with Gasteiger partial charge < -0.3 is 14.8 Å². The van der Waals surface area contributed by atoms with E-state index >= 15 is 0 Å². The topological polar surface area (TPSA) is 127 Å². The van der Waals surface area contributed by atoms with E-state index in [1.807, 2.05) is 63.3 Å². The van der Waals surface area contributed by atoms with Crippen LogP contribution in [0.2, 0.25) is 0 Å². The number of Topliss-reactive ketones (excluding diaryl/α,β-unsaturated/α-hetero) is 1. The van der Waals surface area contributed by atoms with Gasteiger partial charge in [0.05, 0.1) is 17.8 Å². The highest BCUT2D eigenvalue weighted by Crippen LogP contribution is 2.39. The Hall–Kier alpha value is -3.63. The van der Waals surface area contributed by atoms with E-state index < -0.39 is 35.5 Å². The highest BCUT2D eigenvalue weighted by molar-refractivity contribution is 5.91. The second-order valence-corrected chi connectivity index (χ2v) is 13.3. The van der Waals surface area contributed by atoms with Gasteiger partial charge in [-0.25, -0.2) is 10.4 Å². The molecular weight excluding hydrogens is 572 g/mol. The Labute approximate surface area is 265 Å². The second kappa shape index (κ2) is 13.8. The summed E-state index contributed by atoms with van der Waals surface area (Å²) in [6.07, 6.45) is 5.87. The molecule has 4 heterocycles. The minimum atomic E-state index is -0.817. The number of hydrogen-bond donors (Lipinski definition) is 2. The zero-order valence-electron chi connectivity index (χ0n) is 27.0. The summed E-state index contributed by atoms with van der Waals surface area (Å²) in [5, 5.41) is 5.23. The summed E-state index contributed by atoms with van der Waals surface area (Å²) in [5.74, 6) is -1.44. The number of amides is 2.